The molecule has 4 amide bonds. The van der Waals surface area contributed by atoms with Gasteiger partial charge in [-0.05, 0) is 42.0 Å². The summed E-state index contributed by atoms with van der Waals surface area (Å²) in [6.07, 6.45) is -0.743. The first-order valence-corrected chi connectivity index (χ1v) is 14.6. The van der Waals surface area contributed by atoms with Gasteiger partial charge in [-0.25, -0.2) is 0 Å². The largest absolute Gasteiger partial charge is 0.491 e. The van der Waals surface area contributed by atoms with Crippen molar-refractivity contribution < 1.29 is 29.0 Å². The zero-order valence-corrected chi connectivity index (χ0v) is 24.0. The minimum Gasteiger partial charge on any atom is -0.491 e. The molecule has 3 aromatic rings. The molecule has 4 atom stereocenters. The summed E-state index contributed by atoms with van der Waals surface area (Å²) in [6.45, 7) is 5.33. The van der Waals surface area contributed by atoms with Gasteiger partial charge >= 0.3 is 0 Å². The summed E-state index contributed by atoms with van der Waals surface area (Å²) in [7, 11) is 0. The number of amides is 4. The summed E-state index contributed by atoms with van der Waals surface area (Å²) >= 11 is 1.61. The Labute approximate surface area is 242 Å². The molecule has 2 aliphatic rings. The van der Waals surface area contributed by atoms with Crippen molar-refractivity contribution in [1.82, 2.24) is 20.9 Å². The Balaban J connectivity index is 1.49. The molecular weight excluding hydrogens is 544 g/mol. The normalized spacial score (nSPS) is 24.4. The second kappa shape index (κ2) is 11.9. The van der Waals surface area contributed by atoms with Gasteiger partial charge in [-0.3, -0.25) is 19.2 Å². The number of thiophene rings is 1. The van der Waals surface area contributed by atoms with E-state index in [0.717, 1.165) is 21.2 Å². The summed E-state index contributed by atoms with van der Waals surface area (Å²) in [5.74, 6) is -1.89. The molecule has 0 unspecified atom stereocenters. The Morgan fingerprint density at radius 1 is 1.02 bits per heavy atom. The number of nitrogens with one attached hydrogen (secondary N) is 3. The average molecular weight is 579 g/mol. The summed E-state index contributed by atoms with van der Waals surface area (Å²) in [5.41, 5.74) is 2.06. The van der Waals surface area contributed by atoms with E-state index >= 15 is 0 Å². The van der Waals surface area contributed by atoms with E-state index in [0.29, 0.717) is 5.75 Å². The Kier molecular flexibility index (Phi) is 8.27. The van der Waals surface area contributed by atoms with Gasteiger partial charge in [0, 0.05) is 28.6 Å². The highest BCUT2D eigenvalue weighted by Gasteiger charge is 2.41. The van der Waals surface area contributed by atoms with Crippen LogP contribution < -0.4 is 20.7 Å². The molecule has 216 valence electrons. The highest BCUT2D eigenvalue weighted by atomic mass is 32.1. The van der Waals surface area contributed by atoms with Gasteiger partial charge in [-0.1, -0.05) is 38.1 Å². The highest BCUT2D eigenvalue weighted by Crippen LogP contribution is 2.36. The number of aliphatic hydroxyl groups excluding tert-OH is 1. The van der Waals surface area contributed by atoms with E-state index < -0.39 is 47.9 Å². The van der Waals surface area contributed by atoms with Crippen LogP contribution in [0.3, 0.4) is 0 Å². The Bertz CT molecular complexity index is 1490. The lowest BCUT2D eigenvalue weighted by atomic mass is 9.99. The zero-order valence-electron chi connectivity index (χ0n) is 23.2. The van der Waals surface area contributed by atoms with E-state index in [1.165, 1.54) is 11.8 Å². The van der Waals surface area contributed by atoms with Crippen LogP contribution in [-0.2, 0) is 14.4 Å². The first-order chi connectivity index (χ1) is 19.6. The molecule has 4 N–H and O–H groups in total. The molecule has 5 rings (SSSR count). The molecule has 10 nitrogen and oxygen atoms in total. The lowest BCUT2D eigenvalue weighted by Crippen LogP contribution is -2.57. The van der Waals surface area contributed by atoms with Gasteiger partial charge in [0.2, 0.25) is 17.7 Å². The van der Waals surface area contributed by atoms with Crippen LogP contribution in [0.4, 0.5) is 0 Å². The van der Waals surface area contributed by atoms with Crippen molar-refractivity contribution in [2.24, 2.45) is 5.92 Å². The topological polar surface area (TPSA) is 137 Å². The maximum atomic E-state index is 13.7. The van der Waals surface area contributed by atoms with E-state index in [4.69, 9.17) is 4.74 Å². The van der Waals surface area contributed by atoms with Crippen molar-refractivity contribution in [3.8, 4) is 16.9 Å². The zero-order chi connectivity index (χ0) is 29.3. The molecule has 0 spiro atoms. The van der Waals surface area contributed by atoms with Crippen LogP contribution in [0.25, 0.3) is 21.2 Å². The van der Waals surface area contributed by atoms with Crippen LogP contribution in [-0.4, -0.2) is 77.6 Å². The van der Waals surface area contributed by atoms with E-state index in [1.54, 1.807) is 37.3 Å². The van der Waals surface area contributed by atoms with Gasteiger partial charge in [0.25, 0.3) is 5.91 Å². The van der Waals surface area contributed by atoms with Crippen LogP contribution in [0.2, 0.25) is 0 Å². The van der Waals surface area contributed by atoms with Crippen LogP contribution in [0.15, 0.2) is 47.8 Å². The molecule has 0 aliphatic carbocycles. The predicted octanol–water partition coefficient (Wildman–Crippen LogP) is 2.30. The summed E-state index contributed by atoms with van der Waals surface area (Å²) in [6, 6.07) is 10.6. The number of hydrogen-bond acceptors (Lipinski definition) is 7. The maximum Gasteiger partial charge on any atom is 0.255 e. The predicted molar refractivity (Wildman–Crippen MR) is 156 cm³/mol. The SMILES string of the molecule is CC(C)[C@@H]1NC(=O)c2cc(-c3csc4ccccc34)ccc2OCCNC(=O)[C@@H]2C[C@H](O)CN2C(=O)[C@@H](C)NC1=O. The molecular formula is C30H34N4O6S. The fourth-order valence-corrected chi connectivity index (χ4v) is 6.30. The number of carbonyl (C=O) groups excluding carboxylic acids is 4. The molecule has 1 saturated heterocycles. The molecule has 0 bridgehead atoms. The lowest BCUT2D eigenvalue weighted by Gasteiger charge is -2.29. The van der Waals surface area contributed by atoms with E-state index in [-0.39, 0.29) is 37.6 Å². The van der Waals surface area contributed by atoms with Gasteiger partial charge in [0.05, 0.1) is 18.2 Å². The molecule has 2 aliphatic heterocycles. The summed E-state index contributed by atoms with van der Waals surface area (Å²) in [4.78, 5) is 54.5. The fraction of sp³-hybridized carbons (Fsp3) is 0.400. The third kappa shape index (κ3) is 5.91. The first-order valence-electron chi connectivity index (χ1n) is 13.7. The number of rotatable bonds is 2. The van der Waals surface area contributed by atoms with Crippen molar-refractivity contribution in [3.63, 3.8) is 0 Å². The molecule has 0 radical (unpaired) electrons. The molecule has 41 heavy (non-hydrogen) atoms. The molecule has 0 saturated carbocycles. The van der Waals surface area contributed by atoms with Gasteiger partial charge in [0.15, 0.2) is 0 Å². The quantitative estimate of drug-likeness (QED) is 0.368. The summed E-state index contributed by atoms with van der Waals surface area (Å²) in [5, 5.41) is 21.6. The van der Waals surface area contributed by atoms with Crippen LogP contribution >= 0.6 is 11.3 Å². The van der Waals surface area contributed by atoms with E-state index in [9.17, 15) is 24.3 Å². The monoisotopic (exact) mass is 578 g/mol. The van der Waals surface area contributed by atoms with Crippen molar-refractivity contribution in [3.05, 3.63) is 53.4 Å². The number of benzene rings is 2. The third-order valence-corrected chi connectivity index (χ3v) is 8.47. The van der Waals surface area contributed by atoms with Gasteiger partial charge in [-0.2, -0.15) is 0 Å². The van der Waals surface area contributed by atoms with Crippen molar-refractivity contribution in [1.29, 1.82) is 0 Å². The van der Waals surface area contributed by atoms with Crippen molar-refractivity contribution in [2.75, 3.05) is 19.7 Å². The van der Waals surface area contributed by atoms with Gasteiger partial charge in [0.1, 0.15) is 30.5 Å². The van der Waals surface area contributed by atoms with Gasteiger partial charge < -0.3 is 30.7 Å². The number of aliphatic hydroxyl groups is 1. The molecule has 3 heterocycles. The van der Waals surface area contributed by atoms with Crippen molar-refractivity contribution in [2.45, 2.75) is 51.4 Å². The molecule has 2 aromatic carbocycles. The number of ether oxygens (including phenoxy) is 1. The van der Waals surface area contributed by atoms with Crippen LogP contribution in [0.1, 0.15) is 37.6 Å². The van der Waals surface area contributed by atoms with Gasteiger partial charge in [-0.15, -0.1) is 11.3 Å². The average Bonchev–Trinajstić information content (AvgIpc) is 3.56. The second-order valence-electron chi connectivity index (χ2n) is 10.8. The minimum absolute atomic E-state index is 0.00685. The number of nitrogens with zero attached hydrogens (tertiary/aromatic N) is 1. The first kappa shape index (κ1) is 28.6. The Hall–Kier alpha value is -3.96. The van der Waals surface area contributed by atoms with Crippen LogP contribution in [0, 0.1) is 5.92 Å². The number of fused-ring (bicyclic) bond motifs is 3. The Morgan fingerprint density at radius 2 is 1.80 bits per heavy atom. The standard InChI is InChI=1S/C30H34N4O6S/c1-16(2)26-29(38)32-17(3)30(39)34-14-19(35)13-23(34)28(37)31-10-11-40-24-9-8-18(12-21(24)27(36)33-26)22-15-41-25-7-5-4-6-20(22)25/h4-9,12,15-17,19,23,26,35H,10-11,13-14H2,1-3H3,(H,31,37)(H,32,38)(H,33,36)/t17-,19+,23+,26+/m1/s1. The highest BCUT2D eigenvalue weighted by molar-refractivity contribution is 7.17. The second-order valence-corrected chi connectivity index (χ2v) is 11.7. The fourth-order valence-electron chi connectivity index (χ4n) is 5.33. The van der Waals surface area contributed by atoms with Crippen molar-refractivity contribution >= 4 is 45.1 Å². The Morgan fingerprint density at radius 3 is 2.59 bits per heavy atom. The smallest absolute Gasteiger partial charge is 0.255 e. The molecule has 1 aromatic heterocycles. The maximum absolute atomic E-state index is 13.7. The van der Waals surface area contributed by atoms with Crippen LogP contribution in [0.5, 0.6) is 5.75 Å². The molecule has 1 fully saturated rings. The lowest BCUT2D eigenvalue weighted by molar-refractivity contribution is -0.141. The summed E-state index contributed by atoms with van der Waals surface area (Å²) < 4.78 is 7.08. The number of hydrogen-bond donors (Lipinski definition) is 4. The minimum atomic E-state index is -0.969. The van der Waals surface area contributed by atoms with E-state index in [2.05, 4.69) is 16.0 Å². The number of carbonyl (C=O) groups is 4. The molecule has 11 heteroatoms. The third-order valence-electron chi connectivity index (χ3n) is 7.50. The van der Waals surface area contributed by atoms with E-state index in [1.807, 2.05) is 35.7 Å².